The summed E-state index contributed by atoms with van der Waals surface area (Å²) >= 11 is 1.99. The van der Waals surface area contributed by atoms with E-state index in [0.29, 0.717) is 0 Å². The molecule has 0 saturated carbocycles. The van der Waals surface area contributed by atoms with Gasteiger partial charge in [-0.2, -0.15) is 0 Å². The summed E-state index contributed by atoms with van der Waals surface area (Å²) in [6, 6.07) is 4.60. The van der Waals surface area contributed by atoms with Crippen LogP contribution in [0.3, 0.4) is 0 Å². The van der Waals surface area contributed by atoms with Gasteiger partial charge in [0.25, 0.3) is 0 Å². The maximum Gasteiger partial charge on any atom is 0.00509 e. The molecule has 1 heterocycles. The third-order valence-electron chi connectivity index (χ3n) is 3.45. The van der Waals surface area contributed by atoms with Gasteiger partial charge < -0.3 is 5.32 Å². The summed E-state index contributed by atoms with van der Waals surface area (Å²) in [6.45, 7) is 11.5. The van der Waals surface area contributed by atoms with Crippen molar-refractivity contribution in [3.63, 3.8) is 0 Å². The van der Waals surface area contributed by atoms with Gasteiger partial charge in [-0.25, -0.2) is 0 Å². The van der Waals surface area contributed by atoms with Crippen molar-refractivity contribution in [1.29, 1.82) is 0 Å². The molecule has 0 bridgehead atoms. The molecule has 0 aliphatic rings. The van der Waals surface area contributed by atoms with Crippen LogP contribution in [-0.2, 0) is 12.8 Å². The number of hydrogen-bond acceptors (Lipinski definition) is 2. The van der Waals surface area contributed by atoms with Crippen molar-refractivity contribution >= 4 is 11.3 Å². The second-order valence-corrected chi connectivity index (χ2v) is 6.34. The smallest absolute Gasteiger partial charge is 0.00509 e. The highest BCUT2D eigenvalue weighted by Crippen LogP contribution is 2.23. The molecule has 98 valence electrons. The Morgan fingerprint density at radius 2 is 1.82 bits per heavy atom. The molecule has 0 aromatic carbocycles. The molecule has 1 rings (SSSR count). The van der Waals surface area contributed by atoms with Crippen molar-refractivity contribution in [1.82, 2.24) is 5.32 Å². The lowest BCUT2D eigenvalue weighted by molar-refractivity contribution is 0.367. The molecule has 1 N–H and O–H groups in total. The number of rotatable bonds is 8. The van der Waals surface area contributed by atoms with Crippen molar-refractivity contribution in [2.45, 2.75) is 47.0 Å². The van der Waals surface area contributed by atoms with Gasteiger partial charge in [0.2, 0.25) is 0 Å². The van der Waals surface area contributed by atoms with E-state index in [0.717, 1.165) is 24.9 Å². The fraction of sp³-hybridized carbons (Fsp3) is 0.733. The maximum absolute atomic E-state index is 3.52. The first-order valence-corrected chi connectivity index (χ1v) is 7.77. The Kier molecular flexibility index (Phi) is 6.83. The average molecular weight is 253 g/mol. The fourth-order valence-electron chi connectivity index (χ4n) is 1.95. The zero-order valence-electron chi connectivity index (χ0n) is 11.8. The van der Waals surface area contributed by atoms with Gasteiger partial charge in [0.1, 0.15) is 0 Å². The van der Waals surface area contributed by atoms with Crippen LogP contribution in [0.2, 0.25) is 0 Å². The minimum absolute atomic E-state index is 0.758. The predicted octanol–water partition coefficient (Wildman–Crippen LogP) is 4.12. The Hall–Kier alpha value is -0.340. The molecule has 0 amide bonds. The van der Waals surface area contributed by atoms with E-state index in [1.54, 1.807) is 4.88 Å². The highest BCUT2D eigenvalue weighted by Gasteiger charge is 2.13. The Morgan fingerprint density at radius 1 is 1.12 bits per heavy atom. The zero-order valence-corrected chi connectivity index (χ0v) is 12.6. The molecule has 0 spiro atoms. The Bertz CT molecular complexity index is 306. The number of nitrogens with one attached hydrogen (secondary N) is 1. The van der Waals surface area contributed by atoms with Crippen LogP contribution in [0.5, 0.6) is 0 Å². The maximum atomic E-state index is 3.52. The minimum Gasteiger partial charge on any atom is -0.316 e. The first kappa shape index (κ1) is 14.7. The van der Waals surface area contributed by atoms with E-state index >= 15 is 0 Å². The number of hydrogen-bond donors (Lipinski definition) is 1. The van der Waals surface area contributed by atoms with Gasteiger partial charge in [0, 0.05) is 9.75 Å². The molecule has 2 unspecified atom stereocenters. The van der Waals surface area contributed by atoms with Gasteiger partial charge in [0.15, 0.2) is 0 Å². The zero-order chi connectivity index (χ0) is 12.7. The van der Waals surface area contributed by atoms with Crippen LogP contribution in [0.4, 0.5) is 0 Å². The molecule has 17 heavy (non-hydrogen) atoms. The van der Waals surface area contributed by atoms with Crippen LogP contribution >= 0.6 is 11.3 Å². The third-order valence-corrected chi connectivity index (χ3v) is 4.71. The van der Waals surface area contributed by atoms with Crippen LogP contribution in [0, 0.1) is 11.8 Å². The van der Waals surface area contributed by atoms with Gasteiger partial charge in [-0.1, -0.05) is 27.7 Å². The summed E-state index contributed by atoms with van der Waals surface area (Å²) in [7, 11) is 0. The molecule has 2 atom stereocenters. The van der Waals surface area contributed by atoms with E-state index in [1.807, 2.05) is 11.3 Å². The first-order valence-electron chi connectivity index (χ1n) is 6.95. The van der Waals surface area contributed by atoms with E-state index in [1.165, 1.54) is 24.1 Å². The summed E-state index contributed by atoms with van der Waals surface area (Å²) < 4.78 is 0. The van der Waals surface area contributed by atoms with Gasteiger partial charge >= 0.3 is 0 Å². The van der Waals surface area contributed by atoms with Crippen molar-refractivity contribution in [3.05, 3.63) is 21.9 Å². The van der Waals surface area contributed by atoms with E-state index < -0.39 is 0 Å². The van der Waals surface area contributed by atoms with Gasteiger partial charge in [-0.3, -0.25) is 0 Å². The summed E-state index contributed by atoms with van der Waals surface area (Å²) in [5.74, 6) is 1.52. The summed E-state index contributed by atoms with van der Waals surface area (Å²) in [5, 5.41) is 3.52. The fourth-order valence-corrected chi connectivity index (χ4v) is 3.05. The summed E-state index contributed by atoms with van der Waals surface area (Å²) in [6.07, 6.45) is 3.64. The van der Waals surface area contributed by atoms with Crippen molar-refractivity contribution in [3.8, 4) is 0 Å². The third kappa shape index (κ3) is 5.22. The van der Waals surface area contributed by atoms with Gasteiger partial charge in [-0.05, 0) is 56.3 Å². The van der Waals surface area contributed by atoms with E-state index in [9.17, 15) is 0 Å². The molecule has 1 nitrogen and oxygen atoms in total. The van der Waals surface area contributed by atoms with Crippen LogP contribution in [-0.4, -0.2) is 13.1 Å². The largest absolute Gasteiger partial charge is 0.316 e. The average Bonchev–Trinajstić information content (AvgIpc) is 2.77. The van der Waals surface area contributed by atoms with E-state index in [2.05, 4.69) is 45.1 Å². The van der Waals surface area contributed by atoms with E-state index in [-0.39, 0.29) is 0 Å². The topological polar surface area (TPSA) is 12.0 Å². The number of thiophene rings is 1. The Labute approximate surface area is 111 Å². The number of aryl methyl sites for hydroxylation is 1. The van der Waals surface area contributed by atoms with Crippen LogP contribution in [0.1, 0.15) is 43.9 Å². The quantitative estimate of drug-likeness (QED) is 0.687. The van der Waals surface area contributed by atoms with Gasteiger partial charge in [0.05, 0.1) is 0 Å². The van der Waals surface area contributed by atoms with Crippen molar-refractivity contribution in [2.75, 3.05) is 13.1 Å². The Balaban J connectivity index is 2.34. The highest BCUT2D eigenvalue weighted by molar-refractivity contribution is 7.11. The molecule has 0 aliphatic carbocycles. The predicted molar refractivity (Wildman–Crippen MR) is 78.9 cm³/mol. The van der Waals surface area contributed by atoms with Crippen LogP contribution < -0.4 is 5.32 Å². The van der Waals surface area contributed by atoms with Crippen LogP contribution in [0.15, 0.2) is 12.1 Å². The molecule has 0 saturated heterocycles. The molecule has 2 heteroatoms. The lowest BCUT2D eigenvalue weighted by Gasteiger charge is -2.19. The lowest BCUT2D eigenvalue weighted by Crippen LogP contribution is -2.26. The van der Waals surface area contributed by atoms with Crippen molar-refractivity contribution < 1.29 is 0 Å². The Morgan fingerprint density at radius 3 is 2.41 bits per heavy atom. The molecule has 0 radical (unpaired) electrons. The second kappa shape index (κ2) is 7.88. The molecular formula is C15H27NS. The summed E-state index contributed by atoms with van der Waals surface area (Å²) in [5.41, 5.74) is 0. The normalized spacial score (nSPS) is 14.8. The second-order valence-electron chi connectivity index (χ2n) is 5.08. The van der Waals surface area contributed by atoms with E-state index in [4.69, 9.17) is 0 Å². The SMILES string of the molecule is CCCNCC(C)C(C)Cc1ccc(CC)s1. The molecule has 1 aromatic rings. The molecular weight excluding hydrogens is 226 g/mol. The monoisotopic (exact) mass is 253 g/mol. The highest BCUT2D eigenvalue weighted by atomic mass is 32.1. The molecule has 1 aromatic heterocycles. The standard InChI is InChI=1S/C15H27NS/c1-5-9-16-11-13(4)12(3)10-15-8-7-14(6-2)17-15/h7-8,12-13,16H,5-6,9-11H2,1-4H3. The van der Waals surface area contributed by atoms with Crippen molar-refractivity contribution in [2.24, 2.45) is 11.8 Å². The van der Waals surface area contributed by atoms with Crippen LogP contribution in [0.25, 0.3) is 0 Å². The van der Waals surface area contributed by atoms with Gasteiger partial charge in [-0.15, -0.1) is 11.3 Å². The molecule has 0 aliphatic heterocycles. The molecule has 0 fully saturated rings. The lowest BCUT2D eigenvalue weighted by atomic mass is 9.92. The minimum atomic E-state index is 0.758. The first-order chi connectivity index (χ1) is 8.17. The summed E-state index contributed by atoms with van der Waals surface area (Å²) in [4.78, 5) is 3.07.